The molecule has 1 aliphatic heterocycles. The van der Waals surface area contributed by atoms with Crippen molar-refractivity contribution in [1.82, 2.24) is 15.3 Å². The minimum absolute atomic E-state index is 0.162. The molecule has 0 bridgehead atoms. The van der Waals surface area contributed by atoms with Crippen LogP contribution in [0.15, 0.2) is 17.3 Å². The fourth-order valence-electron chi connectivity index (χ4n) is 1.61. The Bertz CT molecular complexity index is 368. The second-order valence-corrected chi connectivity index (χ2v) is 5.43. The quantitative estimate of drug-likeness (QED) is 0.624. The molecule has 1 N–H and O–H groups in total. The van der Waals surface area contributed by atoms with Crippen LogP contribution in [0, 0.1) is 0 Å². The van der Waals surface area contributed by atoms with Gasteiger partial charge in [0.05, 0.1) is 10.8 Å². The minimum atomic E-state index is -1.06. The summed E-state index contributed by atoms with van der Waals surface area (Å²) in [5.74, 6) is 0. The van der Waals surface area contributed by atoms with Crippen molar-refractivity contribution in [2.45, 2.75) is 23.1 Å². The fraction of sp³-hybridized carbons (Fsp3) is 0.556. The van der Waals surface area contributed by atoms with Gasteiger partial charge in [-0.2, -0.15) is 0 Å². The number of hydrogen-bond acceptors (Lipinski definition) is 4. The summed E-state index contributed by atoms with van der Waals surface area (Å²) < 4.78 is 12.1. The number of halogens is 1. The summed E-state index contributed by atoms with van der Waals surface area (Å²) >= 11 is 5.66. The van der Waals surface area contributed by atoms with Gasteiger partial charge in [-0.25, -0.2) is 9.97 Å². The van der Waals surface area contributed by atoms with E-state index in [2.05, 4.69) is 15.3 Å². The van der Waals surface area contributed by atoms with Gasteiger partial charge >= 0.3 is 0 Å². The Labute approximate surface area is 95.9 Å². The van der Waals surface area contributed by atoms with Crippen LogP contribution in [0.3, 0.4) is 0 Å². The minimum Gasteiger partial charge on any atom is -0.317 e. The van der Waals surface area contributed by atoms with Crippen molar-refractivity contribution in [3.8, 4) is 0 Å². The second kappa shape index (κ2) is 5.01. The topological polar surface area (TPSA) is 54.9 Å². The average Bonchev–Trinajstić information content (AvgIpc) is 2.29. The van der Waals surface area contributed by atoms with Gasteiger partial charge in [-0.15, -0.1) is 0 Å². The van der Waals surface area contributed by atoms with Crippen molar-refractivity contribution in [2.75, 3.05) is 13.1 Å². The molecule has 1 saturated heterocycles. The Morgan fingerprint density at radius 1 is 1.47 bits per heavy atom. The van der Waals surface area contributed by atoms with Gasteiger partial charge in [0.25, 0.3) is 0 Å². The van der Waals surface area contributed by atoms with Gasteiger partial charge in [0.2, 0.25) is 5.28 Å². The molecule has 0 amide bonds. The number of nitrogens with one attached hydrogen (secondary N) is 1. The lowest BCUT2D eigenvalue weighted by molar-refractivity contribution is 0.518. The molecule has 1 unspecified atom stereocenters. The van der Waals surface area contributed by atoms with Gasteiger partial charge in [-0.05, 0) is 43.6 Å². The molecule has 1 atom stereocenters. The van der Waals surface area contributed by atoms with Crippen LogP contribution in [0.5, 0.6) is 0 Å². The first-order valence-electron chi connectivity index (χ1n) is 4.87. The van der Waals surface area contributed by atoms with E-state index in [0.717, 1.165) is 25.9 Å². The monoisotopic (exact) mass is 245 g/mol. The Balaban J connectivity index is 2.12. The Morgan fingerprint density at radius 3 is 2.87 bits per heavy atom. The van der Waals surface area contributed by atoms with Crippen molar-refractivity contribution >= 4 is 22.4 Å². The van der Waals surface area contributed by atoms with Gasteiger partial charge in [-0.1, -0.05) is 0 Å². The molecule has 2 heterocycles. The van der Waals surface area contributed by atoms with Crippen LogP contribution < -0.4 is 5.32 Å². The van der Waals surface area contributed by atoms with Crippen LogP contribution in [-0.4, -0.2) is 32.5 Å². The molecule has 0 aromatic carbocycles. The van der Waals surface area contributed by atoms with Gasteiger partial charge in [0, 0.05) is 11.4 Å². The van der Waals surface area contributed by atoms with E-state index in [4.69, 9.17) is 11.6 Å². The van der Waals surface area contributed by atoms with E-state index in [0.29, 0.717) is 5.03 Å². The lowest BCUT2D eigenvalue weighted by atomic mass is 10.2. The predicted octanol–water partition coefficient (Wildman–Crippen LogP) is 0.990. The van der Waals surface area contributed by atoms with E-state index in [1.54, 1.807) is 12.3 Å². The normalized spacial score (nSPS) is 20.1. The number of rotatable bonds is 2. The summed E-state index contributed by atoms with van der Waals surface area (Å²) in [5.41, 5.74) is 0. The molecule has 2 rings (SSSR count). The van der Waals surface area contributed by atoms with Crippen molar-refractivity contribution in [3.63, 3.8) is 0 Å². The highest BCUT2D eigenvalue weighted by atomic mass is 35.5. The van der Waals surface area contributed by atoms with Gasteiger partial charge in [0.1, 0.15) is 5.03 Å². The molecular formula is C9H12ClN3OS. The summed E-state index contributed by atoms with van der Waals surface area (Å²) in [7, 11) is -1.06. The highest BCUT2D eigenvalue weighted by Gasteiger charge is 2.21. The van der Waals surface area contributed by atoms with Crippen LogP contribution in [0.4, 0.5) is 0 Å². The Kier molecular flexibility index (Phi) is 3.66. The molecule has 0 radical (unpaired) electrons. The summed E-state index contributed by atoms with van der Waals surface area (Å²) in [6.45, 7) is 1.85. The molecule has 82 valence electrons. The Morgan fingerprint density at radius 2 is 2.20 bits per heavy atom. The molecule has 4 nitrogen and oxygen atoms in total. The maximum absolute atomic E-state index is 12.1. The van der Waals surface area contributed by atoms with Gasteiger partial charge < -0.3 is 5.32 Å². The third-order valence-corrected chi connectivity index (χ3v) is 4.29. The number of nitrogens with zero attached hydrogens (tertiary/aromatic N) is 2. The van der Waals surface area contributed by atoms with E-state index >= 15 is 0 Å². The zero-order valence-corrected chi connectivity index (χ0v) is 9.72. The molecule has 1 aromatic heterocycles. The first-order chi connectivity index (χ1) is 7.27. The number of piperidine rings is 1. The van der Waals surface area contributed by atoms with Crippen molar-refractivity contribution in [2.24, 2.45) is 0 Å². The van der Waals surface area contributed by atoms with Gasteiger partial charge in [0.15, 0.2) is 0 Å². The third kappa shape index (κ3) is 2.74. The summed E-state index contributed by atoms with van der Waals surface area (Å²) in [4.78, 5) is 7.76. The fourth-order valence-corrected chi connectivity index (χ4v) is 3.19. The van der Waals surface area contributed by atoms with Crippen LogP contribution in [0.25, 0.3) is 0 Å². The third-order valence-electron chi connectivity index (χ3n) is 2.40. The van der Waals surface area contributed by atoms with E-state index in [1.165, 1.54) is 0 Å². The SMILES string of the molecule is O=S(c1ccnc(Cl)n1)C1CCNCC1. The molecular weight excluding hydrogens is 234 g/mol. The number of hydrogen-bond donors (Lipinski definition) is 1. The van der Waals surface area contributed by atoms with Crippen LogP contribution in [-0.2, 0) is 10.8 Å². The molecule has 15 heavy (non-hydrogen) atoms. The summed E-state index contributed by atoms with van der Waals surface area (Å²) in [6.07, 6.45) is 3.39. The van der Waals surface area contributed by atoms with Crippen molar-refractivity contribution in [1.29, 1.82) is 0 Å². The Hall–Kier alpha value is -0.520. The van der Waals surface area contributed by atoms with Crippen LogP contribution in [0.2, 0.25) is 5.28 Å². The van der Waals surface area contributed by atoms with E-state index < -0.39 is 10.8 Å². The summed E-state index contributed by atoms with van der Waals surface area (Å²) in [5, 5.41) is 4.14. The maximum atomic E-state index is 12.1. The molecule has 6 heteroatoms. The largest absolute Gasteiger partial charge is 0.317 e. The molecule has 1 fully saturated rings. The second-order valence-electron chi connectivity index (χ2n) is 3.41. The lowest BCUT2D eigenvalue weighted by Crippen LogP contribution is -2.33. The average molecular weight is 246 g/mol. The molecule has 1 aliphatic rings. The molecule has 0 aliphatic carbocycles. The van der Waals surface area contributed by atoms with E-state index in [9.17, 15) is 4.21 Å². The zero-order valence-electron chi connectivity index (χ0n) is 8.15. The standard InChI is InChI=1S/C9H12ClN3OS/c10-9-12-6-3-8(13-9)15(14)7-1-4-11-5-2-7/h3,6-7,11H,1-2,4-5H2. The number of aromatic nitrogens is 2. The van der Waals surface area contributed by atoms with Crippen LogP contribution in [0.1, 0.15) is 12.8 Å². The first-order valence-corrected chi connectivity index (χ1v) is 6.46. The summed E-state index contributed by atoms with van der Waals surface area (Å²) in [6, 6.07) is 1.67. The highest BCUT2D eigenvalue weighted by Crippen LogP contribution is 2.17. The van der Waals surface area contributed by atoms with Crippen molar-refractivity contribution < 1.29 is 4.21 Å². The van der Waals surface area contributed by atoms with Crippen molar-refractivity contribution in [3.05, 3.63) is 17.5 Å². The zero-order chi connectivity index (χ0) is 10.7. The maximum Gasteiger partial charge on any atom is 0.223 e. The van der Waals surface area contributed by atoms with Crippen LogP contribution >= 0.6 is 11.6 Å². The lowest BCUT2D eigenvalue weighted by Gasteiger charge is -2.21. The molecule has 0 spiro atoms. The van der Waals surface area contributed by atoms with E-state index in [-0.39, 0.29) is 10.5 Å². The highest BCUT2D eigenvalue weighted by molar-refractivity contribution is 7.85. The van der Waals surface area contributed by atoms with E-state index in [1.807, 2.05) is 0 Å². The molecule has 1 aromatic rings. The first kappa shape index (κ1) is 11.0. The van der Waals surface area contributed by atoms with Gasteiger partial charge in [-0.3, -0.25) is 4.21 Å². The molecule has 0 saturated carbocycles. The smallest absolute Gasteiger partial charge is 0.223 e. The predicted molar refractivity (Wildman–Crippen MR) is 59.3 cm³/mol.